The number of carbonyl (C=O) groups is 1. The molecule has 1 aromatic carbocycles. The Hall–Kier alpha value is -2.39. The molecule has 1 amide bonds. The highest BCUT2D eigenvalue weighted by Gasteiger charge is 2.65. The van der Waals surface area contributed by atoms with Crippen LogP contribution in [0.1, 0.15) is 12.0 Å². The van der Waals surface area contributed by atoms with Crippen molar-refractivity contribution in [1.29, 1.82) is 0 Å². The Labute approximate surface area is 134 Å². The number of aromatic amines is 1. The number of hydrogen-bond donors (Lipinski definition) is 4. The number of nitrogens with zero attached hydrogens (tertiary/aromatic N) is 1. The molecular weight excluding hydrogens is 327 g/mol. The minimum absolute atomic E-state index is 0.103. The monoisotopic (exact) mass is 341 g/mol. The number of anilines is 1. The topological polar surface area (TPSA) is 98.2 Å². The molecule has 9 heteroatoms. The molecule has 3 rings (SSSR count). The van der Waals surface area contributed by atoms with Crippen LogP contribution in [-0.2, 0) is 10.4 Å². The number of fused-ring (bicyclic) bond motifs is 1. The Morgan fingerprint density at radius 2 is 1.92 bits per heavy atom. The number of aliphatic hydroxyl groups is 2. The van der Waals surface area contributed by atoms with E-state index in [0.717, 1.165) is 0 Å². The third-order valence-corrected chi connectivity index (χ3v) is 4.11. The van der Waals surface area contributed by atoms with Crippen molar-refractivity contribution in [2.75, 3.05) is 11.9 Å². The molecule has 0 aliphatic carbocycles. The molecule has 0 saturated carbocycles. The highest BCUT2D eigenvalue weighted by atomic mass is 19.4. The van der Waals surface area contributed by atoms with Gasteiger partial charge in [-0.15, -0.1) is 0 Å². The van der Waals surface area contributed by atoms with Gasteiger partial charge in [0.25, 0.3) is 0 Å². The molecule has 2 unspecified atom stereocenters. The normalized spacial score (nSPS) is 23.7. The van der Waals surface area contributed by atoms with Gasteiger partial charge in [0.1, 0.15) is 11.5 Å². The Morgan fingerprint density at radius 1 is 1.25 bits per heavy atom. The van der Waals surface area contributed by atoms with E-state index >= 15 is 0 Å². The molecule has 128 valence electrons. The molecule has 0 spiro atoms. The second kappa shape index (κ2) is 5.60. The summed E-state index contributed by atoms with van der Waals surface area (Å²) in [6.45, 7) is -0.676. The van der Waals surface area contributed by atoms with Crippen molar-refractivity contribution < 1.29 is 28.2 Å². The van der Waals surface area contributed by atoms with Crippen LogP contribution in [0.25, 0.3) is 11.3 Å². The third-order valence-electron chi connectivity index (χ3n) is 4.11. The smallest absolute Gasteiger partial charge is 0.396 e. The van der Waals surface area contributed by atoms with Gasteiger partial charge >= 0.3 is 6.18 Å². The average Bonchev–Trinajstić information content (AvgIpc) is 2.95. The van der Waals surface area contributed by atoms with Crippen molar-refractivity contribution >= 4 is 11.7 Å². The summed E-state index contributed by atoms with van der Waals surface area (Å²) < 4.78 is 41.3. The molecule has 2 aromatic rings. The Balaban J connectivity index is 2.26. The van der Waals surface area contributed by atoms with E-state index in [0.29, 0.717) is 5.56 Å². The van der Waals surface area contributed by atoms with E-state index in [2.05, 4.69) is 15.5 Å². The van der Waals surface area contributed by atoms with Crippen molar-refractivity contribution in [3.05, 3.63) is 35.9 Å². The summed E-state index contributed by atoms with van der Waals surface area (Å²) in [6.07, 6.45) is -5.67. The summed E-state index contributed by atoms with van der Waals surface area (Å²) >= 11 is 0. The molecule has 6 nitrogen and oxygen atoms in total. The van der Waals surface area contributed by atoms with E-state index < -0.39 is 42.2 Å². The lowest BCUT2D eigenvalue weighted by Gasteiger charge is -2.40. The number of carbonyl (C=O) groups excluding carboxylic acids is 1. The zero-order valence-corrected chi connectivity index (χ0v) is 12.3. The van der Waals surface area contributed by atoms with E-state index in [4.69, 9.17) is 5.11 Å². The van der Waals surface area contributed by atoms with E-state index in [1.807, 2.05) is 0 Å². The molecule has 2 heterocycles. The first-order chi connectivity index (χ1) is 11.3. The second-order valence-corrected chi connectivity index (χ2v) is 5.51. The van der Waals surface area contributed by atoms with Gasteiger partial charge in [-0.3, -0.25) is 9.89 Å². The predicted octanol–water partition coefficient (Wildman–Crippen LogP) is 1.78. The molecule has 1 aromatic heterocycles. The van der Waals surface area contributed by atoms with Crippen LogP contribution in [0.5, 0.6) is 0 Å². The van der Waals surface area contributed by atoms with Crippen LogP contribution in [0.3, 0.4) is 0 Å². The fourth-order valence-corrected chi connectivity index (χ4v) is 2.99. The first-order valence-electron chi connectivity index (χ1n) is 7.15. The molecule has 1 aliphatic rings. The second-order valence-electron chi connectivity index (χ2n) is 5.51. The van der Waals surface area contributed by atoms with Gasteiger partial charge in [0.15, 0.2) is 0 Å². The van der Waals surface area contributed by atoms with Gasteiger partial charge in [0.05, 0.1) is 11.5 Å². The molecule has 0 fully saturated rings. The van der Waals surface area contributed by atoms with Gasteiger partial charge in [-0.2, -0.15) is 18.3 Å². The van der Waals surface area contributed by atoms with Crippen LogP contribution in [0.15, 0.2) is 30.3 Å². The van der Waals surface area contributed by atoms with Crippen LogP contribution in [-0.4, -0.2) is 39.1 Å². The number of alkyl halides is 3. The molecule has 24 heavy (non-hydrogen) atoms. The molecule has 0 bridgehead atoms. The van der Waals surface area contributed by atoms with Crippen molar-refractivity contribution in [3.63, 3.8) is 0 Å². The largest absolute Gasteiger partial charge is 0.422 e. The summed E-state index contributed by atoms with van der Waals surface area (Å²) in [7, 11) is 0. The number of halogens is 3. The van der Waals surface area contributed by atoms with Crippen molar-refractivity contribution in [2.45, 2.75) is 18.2 Å². The van der Waals surface area contributed by atoms with Gasteiger partial charge in [-0.05, 0) is 6.42 Å². The minimum atomic E-state index is -5.13. The summed E-state index contributed by atoms with van der Waals surface area (Å²) in [4.78, 5) is 12.0. The number of H-pyrrole nitrogens is 1. The van der Waals surface area contributed by atoms with E-state index in [1.54, 1.807) is 30.3 Å². The molecule has 0 saturated heterocycles. The van der Waals surface area contributed by atoms with Gasteiger partial charge in [-0.25, -0.2) is 0 Å². The first kappa shape index (κ1) is 16.5. The average molecular weight is 341 g/mol. The highest BCUT2D eigenvalue weighted by molar-refractivity contribution is 5.98. The van der Waals surface area contributed by atoms with Gasteiger partial charge in [0.2, 0.25) is 11.5 Å². The number of aliphatic hydroxyl groups excluding tert-OH is 1. The van der Waals surface area contributed by atoms with Crippen LogP contribution < -0.4 is 5.32 Å². The lowest BCUT2D eigenvalue weighted by molar-refractivity contribution is -0.284. The number of hydrogen-bond acceptors (Lipinski definition) is 4. The Morgan fingerprint density at radius 3 is 2.50 bits per heavy atom. The van der Waals surface area contributed by atoms with E-state index in [1.165, 1.54) is 0 Å². The fourth-order valence-electron chi connectivity index (χ4n) is 2.99. The number of nitrogens with one attached hydrogen (secondary N) is 2. The van der Waals surface area contributed by atoms with E-state index in [-0.39, 0.29) is 11.5 Å². The van der Waals surface area contributed by atoms with Gasteiger partial charge < -0.3 is 15.5 Å². The lowest BCUT2D eigenvalue weighted by Crippen LogP contribution is -2.55. The van der Waals surface area contributed by atoms with Gasteiger partial charge in [-0.1, -0.05) is 30.3 Å². The predicted molar refractivity (Wildman–Crippen MR) is 77.8 cm³/mol. The zero-order chi connectivity index (χ0) is 17.5. The molecule has 0 radical (unpaired) electrons. The third kappa shape index (κ3) is 2.28. The highest BCUT2D eigenvalue weighted by Crippen LogP contribution is 2.52. The SMILES string of the molecule is O=C1Nc2[nH]nc(-c3ccccc3)c2C(O)(C(F)(F)F)C1CCO. The fraction of sp³-hybridized carbons (Fsp3) is 0.333. The number of benzene rings is 1. The standard InChI is InChI=1S/C15H14F3N3O3/c16-15(17,18)14(24)9(6-7-22)13(23)19-12-10(14)11(20-21-12)8-4-2-1-3-5-8/h1-5,9,22,24H,6-7H2,(H2,19,20,21,23). The first-order valence-corrected chi connectivity index (χ1v) is 7.15. The molecule has 2 atom stereocenters. The number of rotatable bonds is 3. The van der Waals surface area contributed by atoms with Gasteiger partial charge in [0, 0.05) is 12.2 Å². The summed E-state index contributed by atoms with van der Waals surface area (Å²) in [5.41, 5.74) is -3.74. The van der Waals surface area contributed by atoms with Crippen LogP contribution in [0.2, 0.25) is 0 Å². The molecule has 4 N–H and O–H groups in total. The summed E-state index contributed by atoms with van der Waals surface area (Å²) in [5.74, 6) is -3.21. The van der Waals surface area contributed by atoms with Crippen molar-refractivity contribution in [3.8, 4) is 11.3 Å². The Kier molecular flexibility index (Phi) is 3.84. The molecule has 1 aliphatic heterocycles. The lowest BCUT2D eigenvalue weighted by atomic mass is 9.75. The maximum Gasteiger partial charge on any atom is 0.422 e. The number of amides is 1. The number of aromatic nitrogens is 2. The van der Waals surface area contributed by atoms with Crippen LogP contribution >= 0.6 is 0 Å². The molecular formula is C15H14F3N3O3. The quantitative estimate of drug-likeness (QED) is 0.684. The summed E-state index contributed by atoms with van der Waals surface area (Å²) in [5, 5.41) is 28.1. The Bertz CT molecular complexity index is 760. The van der Waals surface area contributed by atoms with Crippen molar-refractivity contribution in [1.82, 2.24) is 10.2 Å². The van der Waals surface area contributed by atoms with Crippen molar-refractivity contribution in [2.24, 2.45) is 5.92 Å². The minimum Gasteiger partial charge on any atom is -0.396 e. The van der Waals surface area contributed by atoms with Crippen LogP contribution in [0.4, 0.5) is 19.0 Å². The maximum absolute atomic E-state index is 13.8. The maximum atomic E-state index is 13.8. The summed E-state index contributed by atoms with van der Waals surface area (Å²) in [6, 6.07) is 8.02. The zero-order valence-electron chi connectivity index (χ0n) is 12.3. The van der Waals surface area contributed by atoms with E-state index in [9.17, 15) is 23.1 Å². The van der Waals surface area contributed by atoms with Crippen LogP contribution in [0, 0.1) is 5.92 Å².